The number of benzene rings is 1. The topological polar surface area (TPSA) is 45.0 Å². The zero-order valence-corrected chi connectivity index (χ0v) is 12.4. The van der Waals surface area contributed by atoms with E-state index < -0.39 is 0 Å². The van der Waals surface area contributed by atoms with E-state index in [2.05, 4.69) is 38.2 Å². The molecule has 0 aromatic heterocycles. The molecule has 0 bridgehead atoms. The van der Waals surface area contributed by atoms with E-state index in [1.807, 2.05) is 7.05 Å². The minimum absolute atomic E-state index is 0.113. The van der Waals surface area contributed by atoms with E-state index in [9.17, 15) is 5.26 Å². The highest BCUT2D eigenvalue weighted by atomic mass is 16.5. The normalized spacial score (nSPS) is 17.7. The van der Waals surface area contributed by atoms with Crippen molar-refractivity contribution in [2.45, 2.75) is 39.7 Å². The van der Waals surface area contributed by atoms with Crippen LogP contribution in [0.4, 0.5) is 0 Å². The minimum atomic E-state index is -0.217. The molecule has 1 unspecified atom stereocenters. The van der Waals surface area contributed by atoms with E-state index in [1.54, 1.807) is 7.11 Å². The maximum atomic E-state index is 9.46. The first-order valence-corrected chi connectivity index (χ1v) is 6.74. The first-order valence-electron chi connectivity index (χ1n) is 6.74. The zero-order chi connectivity index (χ0) is 14.2. The van der Waals surface area contributed by atoms with Gasteiger partial charge in [-0.25, -0.2) is 0 Å². The van der Waals surface area contributed by atoms with Crippen molar-refractivity contribution in [3.63, 3.8) is 0 Å². The molecule has 1 aromatic rings. The molecule has 1 N–H and O–H groups in total. The number of hydrogen-bond donors (Lipinski definition) is 1. The Morgan fingerprint density at radius 1 is 1.32 bits per heavy atom. The smallest absolute Gasteiger partial charge is 0.122 e. The molecule has 0 aliphatic heterocycles. The highest BCUT2D eigenvalue weighted by Gasteiger charge is 2.51. The van der Waals surface area contributed by atoms with Crippen LogP contribution in [0.2, 0.25) is 0 Å². The number of nitrogens with zero attached hydrogens (tertiary/aromatic N) is 1. The molecular formula is C16H22N2O. The van der Waals surface area contributed by atoms with Gasteiger partial charge in [0.1, 0.15) is 5.75 Å². The van der Waals surface area contributed by atoms with Gasteiger partial charge in [0.25, 0.3) is 0 Å². The molecule has 1 saturated carbocycles. The molecule has 1 aliphatic carbocycles. The van der Waals surface area contributed by atoms with Crippen LogP contribution in [0.15, 0.2) is 6.07 Å². The summed E-state index contributed by atoms with van der Waals surface area (Å²) in [7, 11) is 3.65. The molecule has 19 heavy (non-hydrogen) atoms. The number of nitrogens with one attached hydrogen (secondary N) is 1. The molecule has 1 aromatic carbocycles. The van der Waals surface area contributed by atoms with E-state index in [4.69, 9.17) is 4.74 Å². The molecule has 0 radical (unpaired) electrons. The van der Waals surface area contributed by atoms with Gasteiger partial charge in [0.2, 0.25) is 0 Å². The van der Waals surface area contributed by atoms with Gasteiger partial charge in [-0.2, -0.15) is 5.26 Å². The van der Waals surface area contributed by atoms with Gasteiger partial charge in [-0.3, -0.25) is 0 Å². The number of hydrogen-bond acceptors (Lipinski definition) is 3. The Morgan fingerprint density at radius 3 is 2.37 bits per heavy atom. The summed E-state index contributed by atoms with van der Waals surface area (Å²) in [6.45, 7) is 6.30. The van der Waals surface area contributed by atoms with Crippen molar-refractivity contribution in [1.82, 2.24) is 5.32 Å². The average molecular weight is 258 g/mol. The summed E-state index contributed by atoms with van der Waals surface area (Å²) in [5.41, 5.74) is 4.64. The summed E-state index contributed by atoms with van der Waals surface area (Å²) in [5.74, 6) is 0.926. The number of ether oxygens (including phenoxy) is 1. The molecule has 0 amide bonds. The van der Waals surface area contributed by atoms with Gasteiger partial charge in [0.05, 0.1) is 24.6 Å². The number of aryl methyl sites for hydroxylation is 1. The predicted molar refractivity (Wildman–Crippen MR) is 76.3 cm³/mol. The summed E-state index contributed by atoms with van der Waals surface area (Å²) in [6, 6.07) is 4.70. The van der Waals surface area contributed by atoms with Gasteiger partial charge in [-0.05, 0) is 69.0 Å². The molecule has 3 nitrogen and oxygen atoms in total. The Labute approximate surface area is 115 Å². The SMILES string of the molecule is CNC(c1c(C)cc(OC)c(C)c1C)C1(C#N)CC1. The summed E-state index contributed by atoms with van der Waals surface area (Å²) in [4.78, 5) is 0. The lowest BCUT2D eigenvalue weighted by Crippen LogP contribution is -2.27. The fourth-order valence-electron chi connectivity index (χ4n) is 3.02. The van der Waals surface area contributed by atoms with E-state index in [-0.39, 0.29) is 11.5 Å². The third-order valence-corrected chi connectivity index (χ3v) is 4.47. The summed E-state index contributed by atoms with van der Waals surface area (Å²) >= 11 is 0. The number of nitriles is 1. The van der Waals surface area contributed by atoms with Gasteiger partial charge in [-0.15, -0.1) is 0 Å². The number of methoxy groups -OCH3 is 1. The maximum absolute atomic E-state index is 9.46. The van der Waals surface area contributed by atoms with Gasteiger partial charge >= 0.3 is 0 Å². The van der Waals surface area contributed by atoms with Crippen LogP contribution in [0.1, 0.15) is 41.1 Å². The standard InChI is InChI=1S/C16H22N2O/c1-10-8-13(19-5)11(2)12(3)14(10)15(18-4)16(9-17)6-7-16/h8,15,18H,6-7H2,1-5H3. The Balaban J connectivity index is 2.56. The minimum Gasteiger partial charge on any atom is -0.496 e. The second-order valence-electron chi connectivity index (χ2n) is 5.55. The highest BCUT2D eigenvalue weighted by Crippen LogP contribution is 2.55. The van der Waals surface area contributed by atoms with E-state index in [0.717, 1.165) is 24.2 Å². The molecule has 102 valence electrons. The quantitative estimate of drug-likeness (QED) is 0.902. The first kappa shape index (κ1) is 13.9. The van der Waals surface area contributed by atoms with Crippen LogP contribution >= 0.6 is 0 Å². The van der Waals surface area contributed by atoms with Crippen molar-refractivity contribution in [2.75, 3.05) is 14.2 Å². The molecular weight excluding hydrogens is 236 g/mol. The van der Waals surface area contributed by atoms with E-state index in [0.29, 0.717) is 0 Å². The lowest BCUT2D eigenvalue weighted by molar-refractivity contribution is 0.407. The van der Waals surface area contributed by atoms with Crippen molar-refractivity contribution < 1.29 is 4.74 Å². The second kappa shape index (κ2) is 4.86. The maximum Gasteiger partial charge on any atom is 0.122 e. The van der Waals surface area contributed by atoms with E-state index in [1.165, 1.54) is 16.7 Å². The molecule has 1 aliphatic rings. The van der Waals surface area contributed by atoms with Crippen LogP contribution in [-0.2, 0) is 0 Å². The molecule has 1 fully saturated rings. The van der Waals surface area contributed by atoms with Gasteiger partial charge in [0, 0.05) is 0 Å². The van der Waals surface area contributed by atoms with Crippen molar-refractivity contribution in [3.8, 4) is 11.8 Å². The largest absolute Gasteiger partial charge is 0.496 e. The second-order valence-corrected chi connectivity index (χ2v) is 5.55. The fraction of sp³-hybridized carbons (Fsp3) is 0.562. The third kappa shape index (κ3) is 2.11. The van der Waals surface area contributed by atoms with Crippen molar-refractivity contribution in [1.29, 1.82) is 5.26 Å². The van der Waals surface area contributed by atoms with Crippen LogP contribution in [0, 0.1) is 37.5 Å². The fourth-order valence-corrected chi connectivity index (χ4v) is 3.02. The molecule has 0 saturated heterocycles. The van der Waals surface area contributed by atoms with Crippen LogP contribution < -0.4 is 10.1 Å². The van der Waals surface area contributed by atoms with Crippen molar-refractivity contribution >= 4 is 0 Å². The predicted octanol–water partition coefficient (Wildman–Crippen LogP) is 3.18. The van der Waals surface area contributed by atoms with Crippen LogP contribution in [-0.4, -0.2) is 14.2 Å². The third-order valence-electron chi connectivity index (χ3n) is 4.47. The van der Waals surface area contributed by atoms with Gasteiger partial charge in [0.15, 0.2) is 0 Å². The average Bonchev–Trinajstić information content (AvgIpc) is 3.19. The Hall–Kier alpha value is -1.53. The van der Waals surface area contributed by atoms with Crippen LogP contribution in [0.5, 0.6) is 5.75 Å². The number of rotatable bonds is 4. The Morgan fingerprint density at radius 2 is 1.95 bits per heavy atom. The molecule has 0 heterocycles. The molecule has 3 heteroatoms. The highest BCUT2D eigenvalue weighted by molar-refractivity contribution is 5.51. The van der Waals surface area contributed by atoms with E-state index >= 15 is 0 Å². The van der Waals surface area contributed by atoms with Gasteiger partial charge < -0.3 is 10.1 Å². The first-order chi connectivity index (χ1) is 9.00. The zero-order valence-electron chi connectivity index (χ0n) is 12.4. The molecule has 2 rings (SSSR count). The Bertz CT molecular complexity index is 539. The lowest BCUT2D eigenvalue weighted by atomic mass is 9.84. The van der Waals surface area contributed by atoms with Crippen molar-refractivity contribution in [2.24, 2.45) is 5.41 Å². The van der Waals surface area contributed by atoms with Gasteiger partial charge in [-0.1, -0.05) is 0 Å². The monoisotopic (exact) mass is 258 g/mol. The summed E-state index contributed by atoms with van der Waals surface area (Å²) in [5, 5.41) is 12.8. The Kier molecular flexibility index (Phi) is 3.56. The van der Waals surface area contributed by atoms with Crippen molar-refractivity contribution in [3.05, 3.63) is 28.3 Å². The van der Waals surface area contributed by atoms with Crippen LogP contribution in [0.3, 0.4) is 0 Å². The lowest BCUT2D eigenvalue weighted by Gasteiger charge is -2.27. The molecule has 1 atom stereocenters. The summed E-state index contributed by atoms with van der Waals surface area (Å²) in [6.07, 6.45) is 1.97. The molecule has 0 spiro atoms. The summed E-state index contributed by atoms with van der Waals surface area (Å²) < 4.78 is 5.42. The van der Waals surface area contributed by atoms with Crippen LogP contribution in [0.25, 0.3) is 0 Å².